The van der Waals surface area contributed by atoms with E-state index in [0.29, 0.717) is 23.0 Å². The van der Waals surface area contributed by atoms with Crippen LogP contribution in [0.15, 0.2) is 28.7 Å². The molecule has 1 aromatic heterocycles. The van der Waals surface area contributed by atoms with Crippen LogP contribution >= 0.6 is 15.9 Å². The highest BCUT2D eigenvalue weighted by Gasteiger charge is 2.04. The SMILES string of the molecule is Cc1nc(NN)cc(Nc2ccc(C#N)c(Br)c2)n1. The van der Waals surface area contributed by atoms with Gasteiger partial charge in [0.05, 0.1) is 5.56 Å². The summed E-state index contributed by atoms with van der Waals surface area (Å²) < 4.78 is 0.725. The fraction of sp³-hybridized carbons (Fsp3) is 0.0833. The van der Waals surface area contributed by atoms with E-state index in [1.54, 1.807) is 25.1 Å². The van der Waals surface area contributed by atoms with Gasteiger partial charge in [0.2, 0.25) is 0 Å². The van der Waals surface area contributed by atoms with Crippen molar-refractivity contribution in [2.75, 3.05) is 10.7 Å². The van der Waals surface area contributed by atoms with Crippen LogP contribution in [0.4, 0.5) is 17.3 Å². The van der Waals surface area contributed by atoms with Gasteiger partial charge in [-0.05, 0) is 41.1 Å². The quantitative estimate of drug-likeness (QED) is 0.593. The maximum atomic E-state index is 8.86. The Morgan fingerprint density at radius 3 is 2.63 bits per heavy atom. The number of hydrogen-bond donors (Lipinski definition) is 3. The molecule has 0 amide bonds. The number of nitriles is 1. The normalized spacial score (nSPS) is 9.79. The number of hydrazine groups is 1. The van der Waals surface area contributed by atoms with Gasteiger partial charge in [-0.1, -0.05) is 0 Å². The van der Waals surface area contributed by atoms with Crippen molar-refractivity contribution in [3.63, 3.8) is 0 Å². The van der Waals surface area contributed by atoms with E-state index in [1.807, 2.05) is 6.07 Å². The van der Waals surface area contributed by atoms with Gasteiger partial charge < -0.3 is 10.7 Å². The fourth-order valence-electron chi connectivity index (χ4n) is 1.54. The molecule has 2 aromatic rings. The molecule has 0 atom stereocenters. The molecule has 0 radical (unpaired) electrons. The molecule has 0 aliphatic rings. The zero-order valence-electron chi connectivity index (χ0n) is 10.1. The lowest BCUT2D eigenvalue weighted by atomic mass is 10.2. The number of nitrogens with zero attached hydrogens (tertiary/aromatic N) is 3. The molecule has 1 aromatic carbocycles. The summed E-state index contributed by atoms with van der Waals surface area (Å²) in [6.07, 6.45) is 0. The van der Waals surface area contributed by atoms with E-state index in [0.717, 1.165) is 10.2 Å². The number of aromatic nitrogens is 2. The van der Waals surface area contributed by atoms with Gasteiger partial charge >= 0.3 is 0 Å². The molecular formula is C12H11BrN6. The highest BCUT2D eigenvalue weighted by molar-refractivity contribution is 9.10. The van der Waals surface area contributed by atoms with Crippen LogP contribution in [-0.2, 0) is 0 Å². The van der Waals surface area contributed by atoms with Gasteiger partial charge in [0.1, 0.15) is 23.5 Å². The highest BCUT2D eigenvalue weighted by Crippen LogP contribution is 2.23. The number of nitrogens with one attached hydrogen (secondary N) is 2. The number of rotatable bonds is 3. The maximum absolute atomic E-state index is 8.86. The summed E-state index contributed by atoms with van der Waals surface area (Å²) in [5.41, 5.74) is 3.87. The van der Waals surface area contributed by atoms with Crippen molar-refractivity contribution in [1.82, 2.24) is 9.97 Å². The summed E-state index contributed by atoms with van der Waals surface area (Å²) in [5.74, 6) is 7.09. The second-order valence-electron chi connectivity index (χ2n) is 3.76. The molecule has 0 spiro atoms. The lowest BCUT2D eigenvalue weighted by Crippen LogP contribution is -2.10. The average molecular weight is 319 g/mol. The number of anilines is 3. The molecule has 0 fully saturated rings. The molecule has 2 rings (SSSR count). The van der Waals surface area contributed by atoms with Crippen LogP contribution in [0.1, 0.15) is 11.4 Å². The third-order valence-corrected chi connectivity index (χ3v) is 3.00. The Balaban J connectivity index is 2.28. The Labute approximate surface area is 118 Å². The Morgan fingerprint density at radius 1 is 1.26 bits per heavy atom. The first-order chi connectivity index (χ1) is 9.12. The molecule has 4 N–H and O–H groups in total. The smallest absolute Gasteiger partial charge is 0.145 e. The minimum atomic E-state index is 0.530. The number of halogens is 1. The van der Waals surface area contributed by atoms with Gasteiger partial charge in [-0.25, -0.2) is 15.8 Å². The summed E-state index contributed by atoms with van der Waals surface area (Å²) >= 11 is 3.34. The Hall–Kier alpha value is -2.17. The fourth-order valence-corrected chi connectivity index (χ4v) is 2.00. The molecule has 6 nitrogen and oxygen atoms in total. The van der Waals surface area contributed by atoms with Crippen LogP contribution in [0.5, 0.6) is 0 Å². The first-order valence-corrected chi connectivity index (χ1v) is 6.20. The third-order valence-electron chi connectivity index (χ3n) is 2.35. The predicted octanol–water partition coefficient (Wildman–Crippen LogP) is 2.45. The van der Waals surface area contributed by atoms with Crippen molar-refractivity contribution in [1.29, 1.82) is 5.26 Å². The van der Waals surface area contributed by atoms with Crippen LogP contribution in [0.25, 0.3) is 0 Å². The zero-order valence-corrected chi connectivity index (χ0v) is 11.7. The average Bonchev–Trinajstić information content (AvgIpc) is 2.38. The monoisotopic (exact) mass is 318 g/mol. The van der Waals surface area contributed by atoms with E-state index in [1.165, 1.54) is 0 Å². The van der Waals surface area contributed by atoms with Crippen molar-refractivity contribution in [3.05, 3.63) is 40.1 Å². The molecule has 0 aliphatic carbocycles. The highest BCUT2D eigenvalue weighted by atomic mass is 79.9. The van der Waals surface area contributed by atoms with Crippen LogP contribution < -0.4 is 16.6 Å². The number of hydrogen-bond acceptors (Lipinski definition) is 6. The number of benzene rings is 1. The molecular weight excluding hydrogens is 308 g/mol. The molecule has 0 saturated heterocycles. The summed E-state index contributed by atoms with van der Waals surface area (Å²) in [7, 11) is 0. The van der Waals surface area contributed by atoms with Crippen LogP contribution in [-0.4, -0.2) is 9.97 Å². The van der Waals surface area contributed by atoms with Crippen molar-refractivity contribution < 1.29 is 0 Å². The van der Waals surface area contributed by atoms with E-state index in [-0.39, 0.29) is 0 Å². The van der Waals surface area contributed by atoms with Gasteiger partial charge in [-0.3, -0.25) is 0 Å². The number of nitrogens with two attached hydrogens (primary N) is 1. The topological polar surface area (TPSA) is 99.6 Å². The lowest BCUT2D eigenvalue weighted by molar-refractivity contribution is 1.05. The van der Waals surface area contributed by atoms with Gasteiger partial charge in [-0.2, -0.15) is 5.26 Å². The van der Waals surface area contributed by atoms with Gasteiger partial charge in [0.25, 0.3) is 0 Å². The number of nitrogen functional groups attached to an aromatic ring is 1. The van der Waals surface area contributed by atoms with E-state index < -0.39 is 0 Å². The van der Waals surface area contributed by atoms with E-state index in [4.69, 9.17) is 11.1 Å². The van der Waals surface area contributed by atoms with E-state index in [9.17, 15) is 0 Å². The summed E-state index contributed by atoms with van der Waals surface area (Å²) in [6.45, 7) is 1.78. The van der Waals surface area contributed by atoms with Crippen LogP contribution in [0, 0.1) is 18.3 Å². The summed E-state index contributed by atoms with van der Waals surface area (Å²) in [5, 5.41) is 12.0. The maximum Gasteiger partial charge on any atom is 0.145 e. The zero-order chi connectivity index (χ0) is 13.8. The minimum Gasteiger partial charge on any atom is -0.340 e. The molecule has 0 bridgehead atoms. The van der Waals surface area contributed by atoms with Gasteiger partial charge in [0, 0.05) is 16.2 Å². The van der Waals surface area contributed by atoms with Gasteiger partial charge in [0.15, 0.2) is 0 Å². The third kappa shape index (κ3) is 3.19. The molecule has 0 aliphatic heterocycles. The molecule has 0 unspecified atom stereocenters. The second-order valence-corrected chi connectivity index (χ2v) is 4.62. The first-order valence-electron chi connectivity index (χ1n) is 5.41. The molecule has 7 heteroatoms. The lowest BCUT2D eigenvalue weighted by Gasteiger charge is -2.09. The van der Waals surface area contributed by atoms with E-state index in [2.05, 4.69) is 42.7 Å². The minimum absolute atomic E-state index is 0.530. The predicted molar refractivity (Wildman–Crippen MR) is 76.7 cm³/mol. The van der Waals surface area contributed by atoms with Crippen molar-refractivity contribution in [2.45, 2.75) is 6.92 Å². The molecule has 19 heavy (non-hydrogen) atoms. The second kappa shape index (κ2) is 5.65. The Kier molecular flexibility index (Phi) is 3.94. The molecule has 1 heterocycles. The van der Waals surface area contributed by atoms with Crippen molar-refractivity contribution in [3.8, 4) is 6.07 Å². The summed E-state index contributed by atoms with van der Waals surface area (Å²) in [6, 6.07) is 9.12. The standard InChI is InChI=1S/C12H11BrN6/c1-7-16-11(5-12(17-7)19-15)18-9-3-2-8(6-14)10(13)4-9/h2-5H,15H2,1H3,(H2,16,17,18,19). The van der Waals surface area contributed by atoms with Crippen molar-refractivity contribution in [2.24, 2.45) is 5.84 Å². The molecule has 96 valence electrons. The van der Waals surface area contributed by atoms with Crippen LogP contribution in [0.3, 0.4) is 0 Å². The van der Waals surface area contributed by atoms with Crippen molar-refractivity contribution >= 4 is 33.3 Å². The molecule has 0 saturated carbocycles. The number of aryl methyl sites for hydroxylation is 1. The largest absolute Gasteiger partial charge is 0.340 e. The Morgan fingerprint density at radius 2 is 2.00 bits per heavy atom. The first kappa shape index (κ1) is 13.3. The van der Waals surface area contributed by atoms with Crippen LogP contribution in [0.2, 0.25) is 0 Å². The Bertz CT molecular complexity index is 649. The summed E-state index contributed by atoms with van der Waals surface area (Å²) in [4.78, 5) is 8.35. The van der Waals surface area contributed by atoms with E-state index >= 15 is 0 Å². The van der Waals surface area contributed by atoms with Gasteiger partial charge in [-0.15, -0.1) is 0 Å².